The zero-order chi connectivity index (χ0) is 25.5. The summed E-state index contributed by atoms with van der Waals surface area (Å²) in [6.45, 7) is -0.372. The molecule has 0 radical (unpaired) electrons. The highest BCUT2D eigenvalue weighted by Gasteiger charge is 2.48. The Labute approximate surface area is 207 Å². The fourth-order valence-electron chi connectivity index (χ4n) is 3.65. The lowest BCUT2D eigenvalue weighted by molar-refractivity contribution is -0.276. The molecule has 1 aliphatic heterocycles. The third-order valence-electron chi connectivity index (χ3n) is 5.59. The maximum atomic E-state index is 12.7. The number of esters is 2. The number of hydrogen-bond donors (Lipinski definition) is 2. The molecule has 0 saturated carbocycles. The first-order chi connectivity index (χ1) is 17.5. The third-order valence-corrected chi connectivity index (χ3v) is 5.59. The summed E-state index contributed by atoms with van der Waals surface area (Å²) >= 11 is 0. The van der Waals surface area contributed by atoms with Gasteiger partial charge in [0.15, 0.2) is 12.2 Å². The van der Waals surface area contributed by atoms with Crippen molar-refractivity contribution in [3.05, 3.63) is 96.1 Å². The largest absolute Gasteiger partial charge is 0.497 e. The minimum Gasteiger partial charge on any atom is -0.497 e. The maximum absolute atomic E-state index is 12.7. The van der Waals surface area contributed by atoms with Crippen molar-refractivity contribution in [3.8, 4) is 11.5 Å². The first-order valence-corrected chi connectivity index (χ1v) is 11.3. The van der Waals surface area contributed by atoms with Gasteiger partial charge in [-0.05, 0) is 48.5 Å². The van der Waals surface area contributed by atoms with E-state index in [0.717, 1.165) is 0 Å². The van der Waals surface area contributed by atoms with Crippen LogP contribution in [0, 0.1) is 0 Å². The first-order valence-electron chi connectivity index (χ1n) is 11.3. The van der Waals surface area contributed by atoms with Crippen molar-refractivity contribution in [3.63, 3.8) is 0 Å². The molecule has 1 fully saturated rings. The van der Waals surface area contributed by atoms with Crippen molar-refractivity contribution in [1.29, 1.82) is 0 Å². The quantitative estimate of drug-likeness (QED) is 0.455. The number of aliphatic hydroxyl groups excluding tert-OH is 2. The second kappa shape index (κ2) is 11.7. The fraction of sp³-hybridized carbons (Fsp3) is 0.259. The molecule has 0 amide bonds. The van der Waals surface area contributed by atoms with Crippen LogP contribution in [0.1, 0.15) is 20.7 Å². The molecule has 4 rings (SSSR count). The molecule has 3 aromatic rings. The average molecular weight is 494 g/mol. The van der Waals surface area contributed by atoms with Crippen LogP contribution in [-0.2, 0) is 14.2 Å². The molecule has 5 atom stereocenters. The molecule has 2 N–H and O–H groups in total. The van der Waals surface area contributed by atoms with Crippen molar-refractivity contribution >= 4 is 11.9 Å². The molecular weight excluding hydrogens is 468 g/mol. The van der Waals surface area contributed by atoms with Crippen LogP contribution in [-0.4, -0.2) is 66.6 Å². The molecule has 9 heteroatoms. The van der Waals surface area contributed by atoms with Gasteiger partial charge in [-0.3, -0.25) is 0 Å². The van der Waals surface area contributed by atoms with Crippen LogP contribution in [0.4, 0.5) is 0 Å². The van der Waals surface area contributed by atoms with Crippen molar-refractivity contribution in [2.75, 3.05) is 13.7 Å². The van der Waals surface area contributed by atoms with Gasteiger partial charge in [-0.2, -0.15) is 0 Å². The van der Waals surface area contributed by atoms with Crippen LogP contribution in [0.25, 0.3) is 0 Å². The summed E-state index contributed by atoms with van der Waals surface area (Å²) in [5.41, 5.74) is 0.559. The molecule has 0 bridgehead atoms. The number of methoxy groups -OCH3 is 1. The molecule has 36 heavy (non-hydrogen) atoms. The Morgan fingerprint density at radius 3 is 1.92 bits per heavy atom. The van der Waals surface area contributed by atoms with Crippen LogP contribution in [0.2, 0.25) is 0 Å². The Hall–Kier alpha value is -3.92. The van der Waals surface area contributed by atoms with Gasteiger partial charge in [0.1, 0.15) is 30.3 Å². The highest BCUT2D eigenvalue weighted by Crippen LogP contribution is 2.28. The molecule has 1 saturated heterocycles. The second-order valence-corrected chi connectivity index (χ2v) is 8.02. The monoisotopic (exact) mass is 494 g/mol. The maximum Gasteiger partial charge on any atom is 0.338 e. The average Bonchev–Trinajstić information content (AvgIpc) is 2.93. The number of hydrogen-bond acceptors (Lipinski definition) is 9. The van der Waals surface area contributed by atoms with E-state index in [1.165, 1.54) is 7.11 Å². The molecule has 1 heterocycles. The predicted molar refractivity (Wildman–Crippen MR) is 127 cm³/mol. The minimum absolute atomic E-state index is 0.239. The Kier molecular flexibility index (Phi) is 8.17. The third kappa shape index (κ3) is 6.01. The van der Waals surface area contributed by atoms with Gasteiger partial charge in [0.2, 0.25) is 6.29 Å². The van der Waals surface area contributed by atoms with Crippen LogP contribution < -0.4 is 9.47 Å². The van der Waals surface area contributed by atoms with E-state index in [4.69, 9.17) is 23.7 Å². The van der Waals surface area contributed by atoms with Crippen LogP contribution in [0.5, 0.6) is 11.5 Å². The predicted octanol–water partition coefficient (Wildman–Crippen LogP) is 2.60. The molecule has 188 valence electrons. The topological polar surface area (TPSA) is 121 Å². The number of carbonyl (C=O) groups excluding carboxylic acids is 2. The summed E-state index contributed by atoms with van der Waals surface area (Å²) < 4.78 is 27.5. The molecule has 3 aromatic carbocycles. The van der Waals surface area contributed by atoms with Gasteiger partial charge in [-0.1, -0.05) is 36.4 Å². The van der Waals surface area contributed by atoms with Crippen molar-refractivity contribution in [1.82, 2.24) is 0 Å². The minimum atomic E-state index is -1.55. The van der Waals surface area contributed by atoms with Crippen LogP contribution in [0.3, 0.4) is 0 Å². The van der Waals surface area contributed by atoms with E-state index >= 15 is 0 Å². The van der Waals surface area contributed by atoms with Gasteiger partial charge in [0, 0.05) is 0 Å². The van der Waals surface area contributed by atoms with E-state index in [2.05, 4.69) is 0 Å². The normalized spacial score (nSPS) is 23.4. The lowest BCUT2D eigenvalue weighted by Crippen LogP contribution is -2.61. The summed E-state index contributed by atoms with van der Waals surface area (Å²) in [5.74, 6) is -0.431. The molecule has 1 aliphatic rings. The van der Waals surface area contributed by atoms with Crippen molar-refractivity contribution < 1.29 is 43.5 Å². The highest BCUT2D eigenvalue weighted by molar-refractivity contribution is 5.89. The fourth-order valence-corrected chi connectivity index (χ4v) is 3.65. The van der Waals surface area contributed by atoms with Crippen LogP contribution >= 0.6 is 0 Å². The molecule has 0 aromatic heterocycles. The molecule has 0 aliphatic carbocycles. The molecule has 0 spiro atoms. The van der Waals surface area contributed by atoms with Crippen LogP contribution in [0.15, 0.2) is 84.9 Å². The SMILES string of the molecule is COc1ccc(O[C@@H]2OC(COC(=O)c3ccccc3)[C@H](O)C(OC(=O)c3ccccc3)C2O)cc1. The molecule has 9 nitrogen and oxygen atoms in total. The van der Waals surface area contributed by atoms with Crippen molar-refractivity contribution in [2.24, 2.45) is 0 Å². The number of ether oxygens (including phenoxy) is 5. The van der Waals surface area contributed by atoms with E-state index in [0.29, 0.717) is 17.1 Å². The molecular formula is C27H26O9. The Morgan fingerprint density at radius 1 is 0.778 bits per heavy atom. The highest BCUT2D eigenvalue weighted by atomic mass is 16.7. The summed E-state index contributed by atoms with van der Waals surface area (Å²) in [6, 6.07) is 23.0. The lowest BCUT2D eigenvalue weighted by atomic mass is 9.98. The Balaban J connectivity index is 1.51. The van der Waals surface area contributed by atoms with E-state index in [9.17, 15) is 19.8 Å². The van der Waals surface area contributed by atoms with Gasteiger partial charge in [-0.25, -0.2) is 9.59 Å². The van der Waals surface area contributed by atoms with Gasteiger partial charge >= 0.3 is 11.9 Å². The van der Waals surface area contributed by atoms with Gasteiger partial charge in [0.05, 0.1) is 18.2 Å². The number of benzene rings is 3. The van der Waals surface area contributed by atoms with Gasteiger partial charge < -0.3 is 33.9 Å². The van der Waals surface area contributed by atoms with E-state index in [-0.39, 0.29) is 12.2 Å². The summed E-state index contributed by atoms with van der Waals surface area (Å²) in [7, 11) is 1.53. The van der Waals surface area contributed by atoms with E-state index < -0.39 is 42.6 Å². The summed E-state index contributed by atoms with van der Waals surface area (Å²) in [6.07, 6.45) is -6.97. The standard InChI is InChI=1S/C27H26O9/c1-32-19-12-14-20(15-13-19)34-27-23(29)24(36-26(31)18-10-6-3-7-11-18)22(28)21(35-27)16-33-25(30)17-8-4-2-5-9-17/h2-15,21-24,27-29H,16H2,1H3/t21?,22-,23?,24?,27+/m0/s1. The Morgan fingerprint density at radius 2 is 1.33 bits per heavy atom. The number of carbonyl (C=O) groups is 2. The first kappa shape index (κ1) is 25.2. The van der Waals surface area contributed by atoms with Gasteiger partial charge in [-0.15, -0.1) is 0 Å². The summed E-state index contributed by atoms with van der Waals surface area (Å²) in [5, 5.41) is 21.8. The van der Waals surface area contributed by atoms with E-state index in [1.807, 2.05) is 0 Å². The molecule has 3 unspecified atom stereocenters. The zero-order valence-electron chi connectivity index (χ0n) is 19.4. The summed E-state index contributed by atoms with van der Waals surface area (Å²) in [4.78, 5) is 25.1. The number of aliphatic hydroxyl groups is 2. The van der Waals surface area contributed by atoms with Crippen molar-refractivity contribution in [2.45, 2.75) is 30.7 Å². The Bertz CT molecular complexity index is 1130. The zero-order valence-corrected chi connectivity index (χ0v) is 19.4. The van der Waals surface area contributed by atoms with Gasteiger partial charge in [0.25, 0.3) is 0 Å². The second-order valence-electron chi connectivity index (χ2n) is 8.02. The van der Waals surface area contributed by atoms with E-state index in [1.54, 1.807) is 84.9 Å². The lowest BCUT2D eigenvalue weighted by Gasteiger charge is -2.41. The smallest absolute Gasteiger partial charge is 0.338 e. The number of rotatable bonds is 8.